The normalized spacial score (nSPS) is 30.6. The quantitative estimate of drug-likeness (QED) is 0.639. The number of amides is 1. The Balaban J connectivity index is 0.000000330. The highest BCUT2D eigenvalue weighted by molar-refractivity contribution is 5.83. The summed E-state index contributed by atoms with van der Waals surface area (Å²) in [5.74, 6) is 3.14. The number of nitrogens with zero attached hydrogens (tertiary/aromatic N) is 2. The second-order valence-corrected chi connectivity index (χ2v) is 7.88. The summed E-state index contributed by atoms with van der Waals surface area (Å²) in [4.78, 5) is 27.5. The number of Topliss-reactive ketones (excluding diaryl/α,β-unsaturated/α-hetero) is 1. The maximum absolute atomic E-state index is 10.8. The molecule has 2 heterocycles. The molecule has 0 radical (unpaired) electrons. The maximum Gasteiger partial charge on any atom is 0.222 e. The molecule has 3 rings (SSSR count). The van der Waals surface area contributed by atoms with Gasteiger partial charge in [0, 0.05) is 44.6 Å². The van der Waals surface area contributed by atoms with Gasteiger partial charge < -0.3 is 4.90 Å². The molecule has 0 N–H and O–H groups in total. The second kappa shape index (κ2) is 12.2. The Labute approximate surface area is 155 Å². The highest BCUT2D eigenvalue weighted by atomic mass is 16.2. The summed E-state index contributed by atoms with van der Waals surface area (Å²) in [5, 5.41) is 0. The van der Waals surface area contributed by atoms with Crippen LogP contribution in [0.2, 0.25) is 0 Å². The fourth-order valence-electron chi connectivity index (χ4n) is 3.40. The third-order valence-electron chi connectivity index (χ3n) is 4.71. The average Bonchev–Trinajstić information content (AvgIpc) is 3.15. The Kier molecular flexibility index (Phi) is 11.6. The van der Waals surface area contributed by atoms with Crippen molar-refractivity contribution in [2.75, 3.05) is 20.1 Å². The lowest BCUT2D eigenvalue weighted by atomic mass is 10.1. The minimum absolute atomic E-state index is 0.289. The number of likely N-dealkylation sites (tertiary alicyclic amines) is 1. The molecule has 146 valence electrons. The van der Waals surface area contributed by atoms with Crippen LogP contribution in [0.5, 0.6) is 0 Å². The minimum atomic E-state index is 0.289. The van der Waals surface area contributed by atoms with E-state index in [2.05, 4.69) is 32.7 Å². The van der Waals surface area contributed by atoms with E-state index in [0.717, 1.165) is 38.3 Å². The van der Waals surface area contributed by atoms with E-state index in [1.54, 1.807) is 4.90 Å². The Bertz CT molecular complexity index is 417. The van der Waals surface area contributed by atoms with Gasteiger partial charge in [-0.2, -0.15) is 0 Å². The first-order chi connectivity index (χ1) is 11.7. The van der Waals surface area contributed by atoms with Crippen molar-refractivity contribution < 1.29 is 9.59 Å². The predicted molar refractivity (Wildman–Crippen MR) is 107 cm³/mol. The molecule has 4 atom stereocenters. The molecular weight excluding hydrogens is 312 g/mol. The molecular formula is C21H40N2O2. The molecule has 0 aromatic carbocycles. The molecule has 4 heteroatoms. The average molecular weight is 353 g/mol. The van der Waals surface area contributed by atoms with Crippen LogP contribution in [0.4, 0.5) is 0 Å². The first-order valence-electron chi connectivity index (χ1n) is 9.95. The molecule has 1 saturated heterocycles. The molecule has 4 unspecified atom stereocenters. The van der Waals surface area contributed by atoms with Crippen molar-refractivity contribution in [2.45, 2.75) is 74.1 Å². The SMILES string of the molecule is CC.CC1=NCC(C)C1.CC1CC(=O)C(C)C1.CC1CC(=O)N(C)C1. The molecule has 0 bridgehead atoms. The van der Waals surface area contributed by atoms with Crippen molar-refractivity contribution in [3.8, 4) is 0 Å². The van der Waals surface area contributed by atoms with E-state index in [1.807, 2.05) is 27.8 Å². The van der Waals surface area contributed by atoms with Crippen molar-refractivity contribution >= 4 is 17.4 Å². The van der Waals surface area contributed by atoms with Crippen molar-refractivity contribution in [3.05, 3.63) is 0 Å². The largest absolute Gasteiger partial charge is 0.345 e. The van der Waals surface area contributed by atoms with Crippen LogP contribution in [-0.4, -0.2) is 42.4 Å². The van der Waals surface area contributed by atoms with Crippen LogP contribution >= 0.6 is 0 Å². The van der Waals surface area contributed by atoms with Gasteiger partial charge in [0.05, 0.1) is 0 Å². The Morgan fingerprint density at radius 3 is 1.64 bits per heavy atom. The molecule has 4 nitrogen and oxygen atoms in total. The standard InChI is InChI=1S/C7H12O.C6H11NO.C6H11N.C2H6/c1-5-3-6(2)7(8)4-5;1-5-3-6(8)7(2)4-5;1-5-3-6(2)7-4-5;1-2/h5-6H,3-4H2,1-2H3;5H,3-4H2,1-2H3;5H,3-4H2,1-2H3;1-2H3. The van der Waals surface area contributed by atoms with Crippen LogP contribution in [0.25, 0.3) is 0 Å². The highest BCUT2D eigenvalue weighted by Gasteiger charge is 2.25. The van der Waals surface area contributed by atoms with E-state index < -0.39 is 0 Å². The van der Waals surface area contributed by atoms with Gasteiger partial charge in [0.2, 0.25) is 5.91 Å². The zero-order valence-corrected chi connectivity index (χ0v) is 17.8. The van der Waals surface area contributed by atoms with Gasteiger partial charge in [-0.1, -0.05) is 41.5 Å². The number of carbonyl (C=O) groups is 2. The summed E-state index contributed by atoms with van der Waals surface area (Å²) in [5.41, 5.74) is 1.33. The van der Waals surface area contributed by atoms with Crippen molar-refractivity contribution in [2.24, 2.45) is 28.7 Å². The van der Waals surface area contributed by atoms with E-state index in [4.69, 9.17) is 0 Å². The van der Waals surface area contributed by atoms with Gasteiger partial charge in [0.1, 0.15) is 5.78 Å². The van der Waals surface area contributed by atoms with Crippen LogP contribution < -0.4 is 0 Å². The van der Waals surface area contributed by atoms with E-state index in [-0.39, 0.29) is 5.91 Å². The van der Waals surface area contributed by atoms with Crippen LogP contribution in [0, 0.1) is 23.7 Å². The monoisotopic (exact) mass is 352 g/mol. The zero-order valence-electron chi connectivity index (χ0n) is 17.8. The van der Waals surface area contributed by atoms with Gasteiger partial charge >= 0.3 is 0 Å². The van der Waals surface area contributed by atoms with Crippen molar-refractivity contribution in [1.82, 2.24) is 4.90 Å². The van der Waals surface area contributed by atoms with Gasteiger partial charge in [-0.25, -0.2) is 0 Å². The smallest absolute Gasteiger partial charge is 0.222 e. The third kappa shape index (κ3) is 9.76. The van der Waals surface area contributed by atoms with E-state index in [9.17, 15) is 9.59 Å². The number of hydrogen-bond acceptors (Lipinski definition) is 3. The van der Waals surface area contributed by atoms with Gasteiger partial charge in [0.15, 0.2) is 0 Å². The molecule has 0 aromatic rings. The molecule has 2 fully saturated rings. The van der Waals surface area contributed by atoms with Gasteiger partial charge in [-0.05, 0) is 37.5 Å². The summed E-state index contributed by atoms with van der Waals surface area (Å²) in [7, 11) is 1.85. The molecule has 0 aromatic heterocycles. The maximum atomic E-state index is 10.8. The number of hydrogen-bond donors (Lipinski definition) is 0. The van der Waals surface area contributed by atoms with E-state index in [0.29, 0.717) is 23.5 Å². The van der Waals surface area contributed by atoms with E-state index >= 15 is 0 Å². The summed E-state index contributed by atoms with van der Waals surface area (Å²) in [6, 6.07) is 0. The number of ketones is 1. The Morgan fingerprint density at radius 1 is 0.920 bits per heavy atom. The van der Waals surface area contributed by atoms with E-state index in [1.165, 1.54) is 12.1 Å². The highest BCUT2D eigenvalue weighted by Crippen LogP contribution is 2.26. The summed E-state index contributed by atoms with van der Waals surface area (Å²) >= 11 is 0. The molecule has 1 saturated carbocycles. The molecule has 25 heavy (non-hydrogen) atoms. The van der Waals surface area contributed by atoms with Gasteiger partial charge in [0.25, 0.3) is 0 Å². The number of aliphatic imine (C=N–C) groups is 1. The van der Waals surface area contributed by atoms with Gasteiger partial charge in [-0.15, -0.1) is 0 Å². The van der Waals surface area contributed by atoms with Crippen molar-refractivity contribution in [1.29, 1.82) is 0 Å². The first-order valence-corrected chi connectivity index (χ1v) is 9.95. The summed E-state index contributed by atoms with van der Waals surface area (Å²) in [6.45, 7) is 16.6. The predicted octanol–water partition coefficient (Wildman–Crippen LogP) is 4.62. The molecule has 2 aliphatic heterocycles. The fourth-order valence-corrected chi connectivity index (χ4v) is 3.40. The second-order valence-electron chi connectivity index (χ2n) is 7.88. The Morgan fingerprint density at radius 2 is 1.52 bits per heavy atom. The van der Waals surface area contributed by atoms with Crippen LogP contribution in [0.15, 0.2) is 4.99 Å². The molecule has 1 amide bonds. The first kappa shape index (κ1) is 23.8. The molecule has 1 aliphatic carbocycles. The fraction of sp³-hybridized carbons (Fsp3) is 0.857. The topological polar surface area (TPSA) is 49.7 Å². The van der Waals surface area contributed by atoms with Gasteiger partial charge in [-0.3, -0.25) is 14.6 Å². The number of rotatable bonds is 0. The molecule has 0 spiro atoms. The lowest BCUT2D eigenvalue weighted by Gasteiger charge is -2.04. The minimum Gasteiger partial charge on any atom is -0.345 e. The van der Waals surface area contributed by atoms with Crippen LogP contribution in [0.3, 0.4) is 0 Å². The zero-order chi connectivity index (χ0) is 19.6. The lowest BCUT2D eigenvalue weighted by molar-refractivity contribution is -0.126. The van der Waals surface area contributed by atoms with Crippen LogP contribution in [-0.2, 0) is 9.59 Å². The third-order valence-corrected chi connectivity index (χ3v) is 4.71. The summed E-state index contributed by atoms with van der Waals surface area (Å²) in [6.07, 6.45) is 3.90. The number of carbonyl (C=O) groups excluding carboxylic acids is 2. The van der Waals surface area contributed by atoms with Crippen molar-refractivity contribution in [3.63, 3.8) is 0 Å². The Hall–Kier alpha value is -1.19. The lowest BCUT2D eigenvalue weighted by Crippen LogP contribution is -2.18. The molecule has 3 aliphatic rings. The van der Waals surface area contributed by atoms with Crippen LogP contribution in [0.1, 0.15) is 74.1 Å². The summed E-state index contributed by atoms with van der Waals surface area (Å²) < 4.78 is 0.